The molecule has 0 unspecified atom stereocenters. The van der Waals surface area contributed by atoms with Crippen LogP contribution in [0.15, 0.2) is 66.7 Å². The average molecular weight is 406 g/mol. The molecule has 0 saturated heterocycles. The second-order valence-electron chi connectivity index (χ2n) is 6.75. The Balaban J connectivity index is 1.62. The highest BCUT2D eigenvalue weighted by atomic mass is 16.5. The van der Waals surface area contributed by atoms with E-state index in [9.17, 15) is 9.90 Å². The fraction of sp³-hybridized carbons (Fsp3) is 0.240. The summed E-state index contributed by atoms with van der Waals surface area (Å²) in [6.07, 6.45) is 3.45. The summed E-state index contributed by atoms with van der Waals surface area (Å²) in [5.41, 5.74) is 1.91. The Bertz CT molecular complexity index is 1010. The molecule has 3 aromatic rings. The number of ether oxygens (including phenoxy) is 3. The maximum Gasteiger partial charge on any atom is 0.333 e. The molecule has 0 aliphatic carbocycles. The first-order valence-electron chi connectivity index (χ1n) is 9.90. The molecule has 5 heteroatoms. The van der Waals surface area contributed by atoms with Crippen LogP contribution in [-0.4, -0.2) is 37.5 Å². The van der Waals surface area contributed by atoms with Crippen molar-refractivity contribution in [2.45, 2.75) is 19.4 Å². The van der Waals surface area contributed by atoms with E-state index in [0.717, 1.165) is 33.4 Å². The highest BCUT2D eigenvalue weighted by Gasteiger charge is 2.17. The van der Waals surface area contributed by atoms with Gasteiger partial charge in [0.1, 0.15) is 18.1 Å². The number of hydrogen-bond donors (Lipinski definition) is 1. The van der Waals surface area contributed by atoms with Crippen molar-refractivity contribution in [2.24, 2.45) is 0 Å². The molecule has 0 saturated carbocycles. The summed E-state index contributed by atoms with van der Waals surface area (Å²) < 4.78 is 16.6. The lowest BCUT2D eigenvalue weighted by molar-refractivity contribution is -0.149. The summed E-state index contributed by atoms with van der Waals surface area (Å²) in [6, 6.07) is 19.6. The predicted molar refractivity (Wildman–Crippen MR) is 118 cm³/mol. The van der Waals surface area contributed by atoms with Gasteiger partial charge >= 0.3 is 5.97 Å². The normalized spacial score (nSPS) is 12.2. The molecule has 156 valence electrons. The Labute approximate surface area is 176 Å². The van der Waals surface area contributed by atoms with Gasteiger partial charge in [0.2, 0.25) is 0 Å². The summed E-state index contributed by atoms with van der Waals surface area (Å²) in [7, 11) is 1.67. The van der Waals surface area contributed by atoms with Gasteiger partial charge in [-0.05, 0) is 47.5 Å². The Morgan fingerprint density at radius 2 is 1.83 bits per heavy atom. The van der Waals surface area contributed by atoms with Crippen molar-refractivity contribution in [2.75, 3.05) is 20.3 Å². The van der Waals surface area contributed by atoms with Crippen LogP contribution in [0.1, 0.15) is 18.1 Å². The van der Waals surface area contributed by atoms with Crippen LogP contribution in [0.2, 0.25) is 0 Å². The Morgan fingerprint density at radius 3 is 2.53 bits per heavy atom. The van der Waals surface area contributed by atoms with Crippen molar-refractivity contribution >= 4 is 22.8 Å². The number of methoxy groups -OCH3 is 1. The molecule has 3 rings (SSSR count). The largest absolute Gasteiger partial charge is 0.496 e. The number of carbonyl (C=O) groups is 1. The third-order valence-electron chi connectivity index (χ3n) is 4.77. The number of aliphatic carboxylic acids is 1. The number of rotatable bonds is 10. The number of carboxylic acids is 1. The third-order valence-corrected chi connectivity index (χ3v) is 4.77. The van der Waals surface area contributed by atoms with Gasteiger partial charge < -0.3 is 19.3 Å². The van der Waals surface area contributed by atoms with Crippen molar-refractivity contribution in [1.29, 1.82) is 0 Å². The molecule has 5 nitrogen and oxygen atoms in total. The van der Waals surface area contributed by atoms with Gasteiger partial charge in [0.25, 0.3) is 0 Å². The molecule has 0 fully saturated rings. The lowest BCUT2D eigenvalue weighted by Gasteiger charge is -2.12. The summed E-state index contributed by atoms with van der Waals surface area (Å²) in [5.74, 6) is 0.583. The Hall–Kier alpha value is -3.31. The minimum Gasteiger partial charge on any atom is -0.496 e. The van der Waals surface area contributed by atoms with E-state index in [1.54, 1.807) is 14.0 Å². The molecule has 1 atom stereocenters. The second-order valence-corrected chi connectivity index (χ2v) is 6.75. The fourth-order valence-corrected chi connectivity index (χ4v) is 3.29. The Morgan fingerprint density at radius 1 is 1.07 bits per heavy atom. The molecule has 0 bridgehead atoms. The van der Waals surface area contributed by atoms with Crippen LogP contribution < -0.4 is 9.47 Å². The summed E-state index contributed by atoms with van der Waals surface area (Å²) in [6.45, 7) is 2.56. The minimum atomic E-state index is -0.953. The van der Waals surface area contributed by atoms with Gasteiger partial charge in [-0.3, -0.25) is 0 Å². The van der Waals surface area contributed by atoms with E-state index in [0.29, 0.717) is 19.6 Å². The highest BCUT2D eigenvalue weighted by molar-refractivity contribution is 5.93. The van der Waals surface area contributed by atoms with Crippen LogP contribution in [0.3, 0.4) is 0 Å². The Kier molecular flexibility index (Phi) is 7.46. The second kappa shape index (κ2) is 10.5. The van der Waals surface area contributed by atoms with E-state index < -0.39 is 12.1 Å². The quantitative estimate of drug-likeness (QED) is 0.515. The van der Waals surface area contributed by atoms with Gasteiger partial charge in [0.05, 0.1) is 7.11 Å². The molecule has 0 amide bonds. The topological polar surface area (TPSA) is 65.0 Å². The van der Waals surface area contributed by atoms with Gasteiger partial charge in [-0.2, -0.15) is 0 Å². The van der Waals surface area contributed by atoms with E-state index in [2.05, 4.69) is 12.1 Å². The number of carboxylic acid groups (broad SMARTS) is 1. The van der Waals surface area contributed by atoms with Crippen LogP contribution in [-0.2, 0) is 16.0 Å². The van der Waals surface area contributed by atoms with Crippen molar-refractivity contribution in [3.8, 4) is 11.5 Å². The van der Waals surface area contributed by atoms with Crippen LogP contribution >= 0.6 is 0 Å². The number of fused-ring (bicyclic) bond motifs is 1. The van der Waals surface area contributed by atoms with Crippen LogP contribution in [0.5, 0.6) is 11.5 Å². The molecule has 0 aliphatic heterocycles. The molecule has 0 radical (unpaired) electrons. The lowest BCUT2D eigenvalue weighted by atomic mass is 10.0. The fourth-order valence-electron chi connectivity index (χ4n) is 3.29. The summed E-state index contributed by atoms with van der Waals surface area (Å²) in [5, 5.41) is 11.5. The van der Waals surface area contributed by atoms with Crippen LogP contribution in [0.25, 0.3) is 16.8 Å². The van der Waals surface area contributed by atoms with Gasteiger partial charge in [-0.25, -0.2) is 4.79 Å². The van der Waals surface area contributed by atoms with E-state index in [4.69, 9.17) is 14.2 Å². The lowest BCUT2D eigenvalue weighted by Crippen LogP contribution is -2.26. The third kappa shape index (κ3) is 5.39. The van der Waals surface area contributed by atoms with Gasteiger partial charge in [0.15, 0.2) is 6.10 Å². The van der Waals surface area contributed by atoms with Crippen LogP contribution in [0, 0.1) is 0 Å². The van der Waals surface area contributed by atoms with Gasteiger partial charge in [-0.1, -0.05) is 48.5 Å². The molecule has 0 spiro atoms. The maximum absolute atomic E-state index is 11.2. The smallest absolute Gasteiger partial charge is 0.333 e. The monoisotopic (exact) mass is 406 g/mol. The summed E-state index contributed by atoms with van der Waals surface area (Å²) in [4.78, 5) is 11.2. The van der Waals surface area contributed by atoms with Crippen molar-refractivity contribution in [3.63, 3.8) is 0 Å². The molecular weight excluding hydrogens is 380 g/mol. The van der Waals surface area contributed by atoms with E-state index in [-0.39, 0.29) is 0 Å². The number of benzene rings is 3. The van der Waals surface area contributed by atoms with Crippen molar-refractivity contribution in [1.82, 2.24) is 0 Å². The molecule has 1 N–H and O–H groups in total. The van der Waals surface area contributed by atoms with Crippen molar-refractivity contribution in [3.05, 3.63) is 77.9 Å². The first-order valence-corrected chi connectivity index (χ1v) is 9.90. The van der Waals surface area contributed by atoms with E-state index in [1.807, 2.05) is 60.7 Å². The number of hydrogen-bond acceptors (Lipinski definition) is 4. The molecular formula is C25H26O5. The first kappa shape index (κ1) is 21.4. The highest BCUT2D eigenvalue weighted by Crippen LogP contribution is 2.29. The summed E-state index contributed by atoms with van der Waals surface area (Å²) >= 11 is 0. The molecule has 3 aromatic carbocycles. The van der Waals surface area contributed by atoms with E-state index >= 15 is 0 Å². The minimum absolute atomic E-state index is 0.324. The zero-order chi connectivity index (χ0) is 21.3. The standard InChI is InChI=1S/C25H26O5/c1-3-29-24(25(26)27)17-18-10-13-20(14-11-18)30-16-6-9-22-21-8-5-4-7-19(21)12-15-23(22)28-2/h4-15,24H,3,16-17H2,1-2H3,(H,26,27)/b9-6+/t24-/m0/s1. The first-order chi connectivity index (χ1) is 14.6. The SMILES string of the molecule is CCO[C@@H](Cc1ccc(OC/C=C/c2c(OC)ccc3ccccc23)cc1)C(=O)O. The van der Waals surface area contributed by atoms with Gasteiger partial charge in [-0.15, -0.1) is 0 Å². The maximum atomic E-state index is 11.2. The van der Waals surface area contributed by atoms with Crippen LogP contribution in [0.4, 0.5) is 0 Å². The van der Waals surface area contributed by atoms with Crippen molar-refractivity contribution < 1.29 is 24.1 Å². The molecule has 0 heterocycles. The zero-order valence-corrected chi connectivity index (χ0v) is 17.2. The predicted octanol–water partition coefficient (Wildman–Crippen LogP) is 4.97. The average Bonchev–Trinajstić information content (AvgIpc) is 2.77. The van der Waals surface area contributed by atoms with E-state index in [1.165, 1.54) is 0 Å². The molecule has 0 aliphatic rings. The molecule has 0 aromatic heterocycles. The zero-order valence-electron chi connectivity index (χ0n) is 17.2. The van der Waals surface area contributed by atoms with Gasteiger partial charge in [0, 0.05) is 18.6 Å². The molecule has 30 heavy (non-hydrogen) atoms.